The van der Waals surface area contributed by atoms with E-state index in [9.17, 15) is 0 Å². The van der Waals surface area contributed by atoms with E-state index in [2.05, 4.69) is 39.7 Å². The molecule has 0 amide bonds. The van der Waals surface area contributed by atoms with Crippen LogP contribution in [0.4, 0.5) is 0 Å². The Morgan fingerprint density at radius 2 is 2.17 bits per heavy atom. The van der Waals surface area contributed by atoms with Gasteiger partial charge in [-0.25, -0.2) is 9.67 Å². The van der Waals surface area contributed by atoms with E-state index >= 15 is 0 Å². The zero-order valence-electron chi connectivity index (χ0n) is 10.8. The minimum absolute atomic E-state index is 0.740. The molecule has 94 valence electrons. The summed E-state index contributed by atoms with van der Waals surface area (Å²) in [5.74, 6) is 1.74. The summed E-state index contributed by atoms with van der Waals surface area (Å²) in [6.07, 6.45) is 2.64. The average Bonchev–Trinajstić information content (AvgIpc) is 3.12. The number of benzene rings is 1. The quantitative estimate of drug-likeness (QED) is 0.893. The van der Waals surface area contributed by atoms with Gasteiger partial charge in [0.25, 0.3) is 0 Å². The molecule has 2 aromatic rings. The van der Waals surface area contributed by atoms with Gasteiger partial charge in [0.15, 0.2) is 0 Å². The van der Waals surface area contributed by atoms with Crippen LogP contribution in [0.3, 0.4) is 0 Å². The van der Waals surface area contributed by atoms with Crippen LogP contribution in [0, 0.1) is 13.8 Å². The van der Waals surface area contributed by atoms with Gasteiger partial charge >= 0.3 is 0 Å². The second-order valence-corrected chi connectivity index (χ2v) is 4.94. The van der Waals surface area contributed by atoms with Crippen molar-refractivity contribution in [2.75, 3.05) is 0 Å². The van der Waals surface area contributed by atoms with Gasteiger partial charge in [-0.15, -0.1) is 0 Å². The number of hydrogen-bond donors (Lipinski definition) is 1. The third-order valence-electron chi connectivity index (χ3n) is 3.20. The van der Waals surface area contributed by atoms with Gasteiger partial charge in [-0.2, -0.15) is 5.10 Å². The molecular weight excluding hydrogens is 224 g/mol. The highest BCUT2D eigenvalue weighted by atomic mass is 15.3. The lowest BCUT2D eigenvalue weighted by atomic mass is 10.2. The first-order chi connectivity index (χ1) is 8.72. The summed E-state index contributed by atoms with van der Waals surface area (Å²) in [7, 11) is 0. The molecule has 1 aliphatic rings. The Morgan fingerprint density at radius 1 is 1.33 bits per heavy atom. The van der Waals surface area contributed by atoms with Crippen LogP contribution in [0.25, 0.3) is 5.69 Å². The molecule has 3 rings (SSSR count). The molecule has 0 aliphatic heterocycles. The molecule has 1 aromatic heterocycles. The first-order valence-electron chi connectivity index (χ1n) is 6.45. The van der Waals surface area contributed by atoms with Gasteiger partial charge in [-0.3, -0.25) is 0 Å². The molecule has 0 bridgehead atoms. The molecule has 4 heteroatoms. The van der Waals surface area contributed by atoms with Crippen molar-refractivity contribution < 1.29 is 0 Å². The third-order valence-corrected chi connectivity index (χ3v) is 3.20. The fourth-order valence-corrected chi connectivity index (χ4v) is 2.11. The number of hydrogen-bond acceptors (Lipinski definition) is 3. The zero-order chi connectivity index (χ0) is 12.5. The minimum Gasteiger partial charge on any atom is -0.310 e. The van der Waals surface area contributed by atoms with E-state index in [1.54, 1.807) is 0 Å². The first kappa shape index (κ1) is 11.4. The Labute approximate surface area is 107 Å². The van der Waals surface area contributed by atoms with Crippen LogP contribution in [0.1, 0.15) is 30.1 Å². The molecule has 0 unspecified atom stereocenters. The molecule has 1 aliphatic carbocycles. The van der Waals surface area contributed by atoms with E-state index in [0.717, 1.165) is 29.9 Å². The fraction of sp³-hybridized carbons (Fsp3) is 0.429. The largest absolute Gasteiger partial charge is 0.310 e. The molecule has 1 fully saturated rings. The monoisotopic (exact) mass is 242 g/mol. The molecule has 1 heterocycles. The van der Waals surface area contributed by atoms with Crippen molar-refractivity contribution in [3.05, 3.63) is 41.5 Å². The second kappa shape index (κ2) is 4.53. The van der Waals surface area contributed by atoms with Crippen LogP contribution < -0.4 is 5.32 Å². The number of aromatic nitrogens is 3. The summed E-state index contributed by atoms with van der Waals surface area (Å²) in [5.41, 5.74) is 2.38. The topological polar surface area (TPSA) is 42.7 Å². The SMILES string of the molecule is Cc1nc(C)n(-c2cccc(CNC3CC3)c2)n1. The van der Waals surface area contributed by atoms with E-state index in [0.29, 0.717) is 0 Å². The summed E-state index contributed by atoms with van der Waals surface area (Å²) >= 11 is 0. The van der Waals surface area contributed by atoms with E-state index in [-0.39, 0.29) is 0 Å². The number of aryl methyl sites for hydroxylation is 2. The Balaban J connectivity index is 1.82. The maximum atomic E-state index is 4.41. The lowest BCUT2D eigenvalue weighted by Gasteiger charge is -2.07. The van der Waals surface area contributed by atoms with Crippen molar-refractivity contribution in [1.82, 2.24) is 20.1 Å². The molecular formula is C14H18N4. The molecule has 0 atom stereocenters. The number of nitrogens with zero attached hydrogens (tertiary/aromatic N) is 3. The molecule has 0 spiro atoms. The second-order valence-electron chi connectivity index (χ2n) is 4.94. The molecule has 1 N–H and O–H groups in total. The van der Waals surface area contributed by atoms with Crippen molar-refractivity contribution in [3.8, 4) is 5.69 Å². The van der Waals surface area contributed by atoms with Gasteiger partial charge < -0.3 is 5.32 Å². The maximum absolute atomic E-state index is 4.41. The van der Waals surface area contributed by atoms with Crippen molar-refractivity contribution in [2.45, 2.75) is 39.3 Å². The molecule has 0 radical (unpaired) electrons. The predicted molar refractivity (Wildman–Crippen MR) is 70.7 cm³/mol. The summed E-state index contributed by atoms with van der Waals surface area (Å²) in [6.45, 7) is 4.84. The average molecular weight is 242 g/mol. The number of rotatable bonds is 4. The van der Waals surface area contributed by atoms with Crippen molar-refractivity contribution in [3.63, 3.8) is 0 Å². The molecule has 1 saturated carbocycles. The molecule has 1 aromatic carbocycles. The van der Waals surface area contributed by atoms with Crippen LogP contribution >= 0.6 is 0 Å². The lowest BCUT2D eigenvalue weighted by Crippen LogP contribution is -2.15. The van der Waals surface area contributed by atoms with Crippen molar-refractivity contribution >= 4 is 0 Å². The van der Waals surface area contributed by atoms with Crippen molar-refractivity contribution in [1.29, 1.82) is 0 Å². The zero-order valence-corrected chi connectivity index (χ0v) is 10.8. The summed E-state index contributed by atoms with van der Waals surface area (Å²) in [6, 6.07) is 9.22. The van der Waals surface area contributed by atoms with Gasteiger partial charge in [-0.1, -0.05) is 12.1 Å². The van der Waals surface area contributed by atoms with Gasteiger partial charge in [0.05, 0.1) is 5.69 Å². The van der Waals surface area contributed by atoms with Crippen LogP contribution in [0.2, 0.25) is 0 Å². The minimum atomic E-state index is 0.740. The van der Waals surface area contributed by atoms with Gasteiger partial charge in [0.2, 0.25) is 0 Å². The maximum Gasteiger partial charge on any atom is 0.148 e. The van der Waals surface area contributed by atoms with Crippen molar-refractivity contribution in [2.24, 2.45) is 0 Å². The Hall–Kier alpha value is -1.68. The van der Waals surface area contributed by atoms with Crippen LogP contribution in [0.5, 0.6) is 0 Å². The van der Waals surface area contributed by atoms with Crippen LogP contribution in [-0.4, -0.2) is 20.8 Å². The van der Waals surface area contributed by atoms with Crippen LogP contribution in [0.15, 0.2) is 24.3 Å². The summed E-state index contributed by atoms with van der Waals surface area (Å²) in [5, 5.41) is 7.94. The number of nitrogens with one attached hydrogen (secondary N) is 1. The fourth-order valence-electron chi connectivity index (χ4n) is 2.11. The molecule has 4 nitrogen and oxygen atoms in total. The van der Waals surface area contributed by atoms with Gasteiger partial charge in [0.1, 0.15) is 11.6 Å². The normalized spacial score (nSPS) is 15.0. The van der Waals surface area contributed by atoms with E-state index in [1.165, 1.54) is 18.4 Å². The highest BCUT2D eigenvalue weighted by Gasteiger charge is 2.19. The molecule has 0 saturated heterocycles. The van der Waals surface area contributed by atoms with E-state index in [4.69, 9.17) is 0 Å². The molecule has 18 heavy (non-hydrogen) atoms. The standard InChI is InChI=1S/C14H18N4/c1-10-16-11(2)18(17-10)14-5-3-4-12(8-14)9-15-13-6-7-13/h3-5,8,13,15H,6-7,9H2,1-2H3. The Bertz CT molecular complexity index is 555. The Kier molecular flexibility index (Phi) is 2.88. The summed E-state index contributed by atoms with van der Waals surface area (Å²) in [4.78, 5) is 4.34. The van der Waals surface area contributed by atoms with Crippen LogP contribution in [-0.2, 0) is 6.54 Å². The third kappa shape index (κ3) is 2.43. The van der Waals surface area contributed by atoms with E-state index in [1.807, 2.05) is 18.5 Å². The highest BCUT2D eigenvalue weighted by Crippen LogP contribution is 2.19. The van der Waals surface area contributed by atoms with Gasteiger partial charge in [0, 0.05) is 12.6 Å². The lowest BCUT2D eigenvalue weighted by molar-refractivity contribution is 0.686. The Morgan fingerprint density at radius 3 is 2.83 bits per heavy atom. The van der Waals surface area contributed by atoms with Gasteiger partial charge in [-0.05, 0) is 44.4 Å². The summed E-state index contributed by atoms with van der Waals surface area (Å²) < 4.78 is 1.90. The highest BCUT2D eigenvalue weighted by molar-refractivity contribution is 5.35. The predicted octanol–water partition coefficient (Wildman–Crippen LogP) is 2.14. The first-order valence-corrected chi connectivity index (χ1v) is 6.45. The smallest absolute Gasteiger partial charge is 0.148 e. The van der Waals surface area contributed by atoms with E-state index < -0.39 is 0 Å².